The number of nitrogens with zero attached hydrogens (tertiary/aromatic N) is 6. The zero-order valence-electron chi connectivity index (χ0n) is 14.9. The van der Waals surface area contributed by atoms with Crippen LogP contribution in [0.2, 0.25) is 0 Å². The molecular formula is C19H15N7OS. The number of hydrogen-bond acceptors (Lipinski definition) is 7. The summed E-state index contributed by atoms with van der Waals surface area (Å²) in [5, 5.41) is 6.16. The average molecular weight is 389 g/mol. The fourth-order valence-electron chi connectivity index (χ4n) is 3.13. The summed E-state index contributed by atoms with van der Waals surface area (Å²) in [6.07, 6.45) is 1.48. The van der Waals surface area contributed by atoms with Gasteiger partial charge in [-0.2, -0.15) is 14.6 Å². The van der Waals surface area contributed by atoms with E-state index in [1.807, 2.05) is 59.8 Å². The van der Waals surface area contributed by atoms with Crippen LogP contribution in [0.3, 0.4) is 0 Å². The Morgan fingerprint density at radius 3 is 2.89 bits per heavy atom. The minimum absolute atomic E-state index is 0.117. The van der Waals surface area contributed by atoms with E-state index < -0.39 is 0 Å². The molecular weight excluding hydrogens is 374 g/mol. The molecule has 138 valence electrons. The van der Waals surface area contributed by atoms with E-state index >= 15 is 0 Å². The van der Waals surface area contributed by atoms with Crippen molar-refractivity contribution >= 4 is 33.1 Å². The number of hydrogen-bond donors (Lipinski definition) is 1. The zero-order valence-corrected chi connectivity index (χ0v) is 15.7. The molecule has 0 spiro atoms. The van der Waals surface area contributed by atoms with E-state index in [9.17, 15) is 4.79 Å². The number of fused-ring (bicyclic) bond motifs is 2. The molecule has 0 aliphatic carbocycles. The minimum atomic E-state index is -0.117. The largest absolute Gasteiger partial charge is 0.352 e. The topological polar surface area (TPSA) is 92.1 Å². The minimum Gasteiger partial charge on any atom is -0.352 e. The predicted molar refractivity (Wildman–Crippen MR) is 109 cm³/mol. The van der Waals surface area contributed by atoms with Gasteiger partial charge in [-0.1, -0.05) is 30.3 Å². The van der Waals surface area contributed by atoms with Crippen LogP contribution in [0.1, 0.15) is 5.82 Å². The van der Waals surface area contributed by atoms with Crippen LogP contribution in [-0.4, -0.2) is 36.6 Å². The van der Waals surface area contributed by atoms with Gasteiger partial charge >= 0.3 is 0 Å². The fourth-order valence-corrected chi connectivity index (χ4v) is 3.85. The highest BCUT2D eigenvalue weighted by Gasteiger charge is 2.14. The van der Waals surface area contributed by atoms with E-state index in [1.54, 1.807) is 4.52 Å². The van der Waals surface area contributed by atoms with Crippen LogP contribution >= 0.6 is 11.3 Å². The summed E-state index contributed by atoms with van der Waals surface area (Å²) >= 11 is 1.39. The maximum Gasteiger partial charge on any atom is 0.268 e. The lowest BCUT2D eigenvalue weighted by molar-refractivity contribution is 0.793. The molecule has 5 rings (SSSR count). The molecule has 0 aliphatic heterocycles. The van der Waals surface area contributed by atoms with Gasteiger partial charge in [0.05, 0.1) is 17.8 Å². The fraction of sp³-hybridized carbons (Fsp3) is 0.105. The maximum absolute atomic E-state index is 12.2. The molecule has 0 fully saturated rings. The van der Waals surface area contributed by atoms with Crippen molar-refractivity contribution in [2.24, 2.45) is 0 Å². The monoisotopic (exact) mass is 389 g/mol. The van der Waals surface area contributed by atoms with Crippen LogP contribution in [0.5, 0.6) is 0 Å². The van der Waals surface area contributed by atoms with E-state index in [-0.39, 0.29) is 5.56 Å². The molecule has 0 unspecified atom stereocenters. The van der Waals surface area contributed by atoms with E-state index in [0.717, 1.165) is 17.1 Å². The van der Waals surface area contributed by atoms with Crippen molar-refractivity contribution in [3.63, 3.8) is 0 Å². The molecule has 0 aliphatic rings. The van der Waals surface area contributed by atoms with Gasteiger partial charge in [0.25, 0.3) is 11.3 Å². The quantitative estimate of drug-likeness (QED) is 0.508. The van der Waals surface area contributed by atoms with Gasteiger partial charge in [-0.3, -0.25) is 4.79 Å². The number of rotatable bonds is 4. The predicted octanol–water partition coefficient (Wildman–Crippen LogP) is 2.73. The molecule has 4 aromatic heterocycles. The van der Waals surface area contributed by atoms with Crippen molar-refractivity contribution in [3.8, 4) is 11.3 Å². The summed E-state index contributed by atoms with van der Waals surface area (Å²) in [6.45, 7) is 0.411. The summed E-state index contributed by atoms with van der Waals surface area (Å²) in [4.78, 5) is 30.5. The van der Waals surface area contributed by atoms with E-state index in [2.05, 4.69) is 25.0 Å². The molecule has 1 N–H and O–H groups in total. The van der Waals surface area contributed by atoms with Crippen molar-refractivity contribution in [1.82, 2.24) is 29.5 Å². The maximum atomic E-state index is 12.2. The summed E-state index contributed by atoms with van der Waals surface area (Å²) < 4.78 is 2.31. The van der Waals surface area contributed by atoms with Crippen molar-refractivity contribution in [2.75, 3.05) is 11.9 Å². The lowest BCUT2D eigenvalue weighted by Crippen LogP contribution is -2.23. The van der Waals surface area contributed by atoms with Crippen molar-refractivity contribution < 1.29 is 0 Å². The Balaban J connectivity index is 1.57. The number of benzene rings is 1. The third kappa shape index (κ3) is 2.81. The number of aromatic nitrogens is 6. The van der Waals surface area contributed by atoms with Gasteiger partial charge < -0.3 is 9.88 Å². The Morgan fingerprint density at radius 1 is 1.18 bits per heavy atom. The van der Waals surface area contributed by atoms with Gasteiger partial charge in [-0.05, 0) is 11.4 Å². The third-order valence-electron chi connectivity index (χ3n) is 4.44. The molecule has 0 radical (unpaired) electrons. The highest BCUT2D eigenvalue weighted by molar-refractivity contribution is 7.17. The SMILES string of the molecule is CN(Cc1nc2ccsc2c(=O)[nH]1)c1cc(-c2ccccc2)nc2ncnn12. The normalized spacial score (nSPS) is 11.3. The van der Waals surface area contributed by atoms with Crippen LogP contribution in [0, 0.1) is 0 Å². The number of thiophene rings is 1. The third-order valence-corrected chi connectivity index (χ3v) is 5.35. The zero-order chi connectivity index (χ0) is 19.1. The van der Waals surface area contributed by atoms with Crippen LogP contribution in [-0.2, 0) is 6.54 Å². The van der Waals surface area contributed by atoms with Crippen LogP contribution in [0.4, 0.5) is 5.82 Å². The first-order valence-electron chi connectivity index (χ1n) is 8.63. The Labute approximate surface area is 163 Å². The smallest absolute Gasteiger partial charge is 0.268 e. The highest BCUT2D eigenvalue weighted by atomic mass is 32.1. The molecule has 5 aromatic rings. The summed E-state index contributed by atoms with van der Waals surface area (Å²) in [7, 11) is 1.92. The van der Waals surface area contributed by atoms with Gasteiger partial charge in [0.1, 0.15) is 22.7 Å². The second kappa shape index (κ2) is 6.54. The second-order valence-corrected chi connectivity index (χ2v) is 7.26. The molecule has 8 nitrogen and oxygen atoms in total. The second-order valence-electron chi connectivity index (χ2n) is 6.34. The molecule has 1 aromatic carbocycles. The Kier molecular flexibility index (Phi) is 3.87. The van der Waals surface area contributed by atoms with E-state index in [4.69, 9.17) is 0 Å². The van der Waals surface area contributed by atoms with Gasteiger partial charge in [0.2, 0.25) is 0 Å². The molecule has 0 amide bonds. The molecule has 0 atom stereocenters. The van der Waals surface area contributed by atoms with Gasteiger partial charge in [-0.25, -0.2) is 9.97 Å². The average Bonchev–Trinajstić information content (AvgIpc) is 3.37. The van der Waals surface area contributed by atoms with Crippen molar-refractivity contribution in [3.05, 3.63) is 70.4 Å². The first-order chi connectivity index (χ1) is 13.7. The summed E-state index contributed by atoms with van der Waals surface area (Å²) in [5.41, 5.74) is 2.39. The first-order valence-corrected chi connectivity index (χ1v) is 9.51. The number of anilines is 1. The number of nitrogens with one attached hydrogen (secondary N) is 1. The van der Waals surface area contributed by atoms with Crippen LogP contribution in [0.25, 0.3) is 27.3 Å². The molecule has 4 heterocycles. The lowest BCUT2D eigenvalue weighted by atomic mass is 10.1. The Hall–Kier alpha value is -3.59. The molecule has 0 saturated heterocycles. The van der Waals surface area contributed by atoms with E-state index in [1.165, 1.54) is 17.7 Å². The lowest BCUT2D eigenvalue weighted by Gasteiger charge is -2.20. The van der Waals surface area contributed by atoms with Gasteiger partial charge in [0, 0.05) is 18.7 Å². The van der Waals surface area contributed by atoms with Gasteiger partial charge in [-0.15, -0.1) is 11.3 Å². The molecule has 0 bridgehead atoms. The number of aromatic amines is 1. The molecule has 28 heavy (non-hydrogen) atoms. The first kappa shape index (κ1) is 16.6. The van der Waals surface area contributed by atoms with Crippen molar-refractivity contribution in [1.29, 1.82) is 0 Å². The van der Waals surface area contributed by atoms with E-state index in [0.29, 0.717) is 28.4 Å². The number of H-pyrrole nitrogens is 1. The standard InChI is InChI=1S/C19H15N7OS/c1-25(10-15-22-13-7-8-28-17(13)18(27)24-15)16-9-14(12-5-3-2-4-6-12)23-19-20-11-21-26(16)19/h2-9,11H,10H2,1H3,(H,22,24,27). The van der Waals surface area contributed by atoms with Crippen molar-refractivity contribution in [2.45, 2.75) is 6.54 Å². The van der Waals surface area contributed by atoms with Crippen LogP contribution in [0.15, 0.2) is 59.0 Å². The Morgan fingerprint density at radius 2 is 2.04 bits per heavy atom. The molecule has 0 saturated carbocycles. The highest BCUT2D eigenvalue weighted by Crippen LogP contribution is 2.24. The van der Waals surface area contributed by atoms with Gasteiger partial charge in [0.15, 0.2) is 0 Å². The summed E-state index contributed by atoms with van der Waals surface area (Å²) in [5.74, 6) is 1.90. The summed E-state index contributed by atoms with van der Waals surface area (Å²) in [6, 6.07) is 13.7. The Bertz CT molecular complexity index is 1340. The molecule has 9 heteroatoms. The van der Waals surface area contributed by atoms with Crippen LogP contribution < -0.4 is 10.5 Å².